The Morgan fingerprint density at radius 2 is 1.87 bits per heavy atom. The molecule has 0 amide bonds. The van der Waals surface area contributed by atoms with Crippen LogP contribution in [-0.4, -0.2) is 62.5 Å². The molecule has 1 aromatic rings. The number of hydrogen-bond donors (Lipinski definition) is 2. The van der Waals surface area contributed by atoms with Crippen LogP contribution in [0.3, 0.4) is 0 Å². The van der Waals surface area contributed by atoms with Crippen molar-refractivity contribution in [3.8, 4) is 5.75 Å². The van der Waals surface area contributed by atoms with Gasteiger partial charge in [-0.25, -0.2) is 13.4 Å². The number of piperidine rings is 1. The van der Waals surface area contributed by atoms with Crippen molar-refractivity contribution in [2.75, 3.05) is 26.2 Å². The number of aliphatic imine (C=N–C) groups is 1. The minimum absolute atomic E-state index is 0. The molecule has 0 aromatic heterocycles. The number of benzene rings is 1. The Kier molecular flexibility index (Phi) is 10.6. The van der Waals surface area contributed by atoms with Crippen LogP contribution in [0.4, 0.5) is 13.2 Å². The molecule has 0 aliphatic carbocycles. The van der Waals surface area contributed by atoms with Crippen LogP contribution in [-0.2, 0) is 10.0 Å². The zero-order chi connectivity index (χ0) is 21.5. The van der Waals surface area contributed by atoms with Gasteiger partial charge in [0, 0.05) is 25.7 Å². The average molecular weight is 564 g/mol. The van der Waals surface area contributed by atoms with Gasteiger partial charge in [-0.2, -0.15) is 17.5 Å². The number of ether oxygens (including phenoxy) is 1. The standard InChI is InChI=1S/C18H27F3N4O3S.HI/c1-3-22-17(23-13-14(2)28-16-7-5-4-6-8-16)24-15-9-11-25(12-10-15)29(26,27)18(19,20)21;/h4-8,14-15H,3,9-13H2,1-2H3,(H2,22,23,24);1H. The number of guanidine groups is 1. The van der Waals surface area contributed by atoms with E-state index in [0.717, 1.165) is 5.75 Å². The summed E-state index contributed by atoms with van der Waals surface area (Å²) in [5, 5.41) is 6.25. The minimum Gasteiger partial charge on any atom is -0.489 e. The molecule has 1 saturated heterocycles. The molecule has 1 heterocycles. The van der Waals surface area contributed by atoms with E-state index >= 15 is 0 Å². The molecule has 0 bridgehead atoms. The van der Waals surface area contributed by atoms with Gasteiger partial charge in [0.25, 0.3) is 0 Å². The molecule has 2 N–H and O–H groups in total. The van der Waals surface area contributed by atoms with Crippen LogP contribution in [0.15, 0.2) is 35.3 Å². The second kappa shape index (κ2) is 11.9. The van der Waals surface area contributed by atoms with Crippen molar-refractivity contribution in [1.29, 1.82) is 0 Å². The van der Waals surface area contributed by atoms with Crippen molar-refractivity contribution in [3.05, 3.63) is 30.3 Å². The molecule has 1 aliphatic rings. The van der Waals surface area contributed by atoms with E-state index in [9.17, 15) is 21.6 Å². The summed E-state index contributed by atoms with van der Waals surface area (Å²) in [5.41, 5.74) is -5.27. The van der Waals surface area contributed by atoms with Crippen LogP contribution in [0.25, 0.3) is 0 Å². The summed E-state index contributed by atoms with van der Waals surface area (Å²) in [6.45, 7) is 4.41. The maximum Gasteiger partial charge on any atom is 0.511 e. The summed E-state index contributed by atoms with van der Waals surface area (Å²) in [6.07, 6.45) is 0.345. The number of nitrogens with one attached hydrogen (secondary N) is 2. The minimum atomic E-state index is -5.27. The van der Waals surface area contributed by atoms with Gasteiger partial charge in [0.1, 0.15) is 11.9 Å². The summed E-state index contributed by atoms with van der Waals surface area (Å²) >= 11 is 0. The van der Waals surface area contributed by atoms with Gasteiger partial charge in [-0.1, -0.05) is 18.2 Å². The molecule has 172 valence electrons. The highest BCUT2D eigenvalue weighted by Crippen LogP contribution is 2.28. The summed E-state index contributed by atoms with van der Waals surface area (Å²) < 4.78 is 67.3. The van der Waals surface area contributed by atoms with Gasteiger partial charge in [-0.3, -0.25) is 0 Å². The van der Waals surface area contributed by atoms with Crippen molar-refractivity contribution in [3.63, 3.8) is 0 Å². The fourth-order valence-corrected chi connectivity index (χ4v) is 3.87. The van der Waals surface area contributed by atoms with Crippen LogP contribution >= 0.6 is 24.0 Å². The van der Waals surface area contributed by atoms with Gasteiger partial charge in [0.15, 0.2) is 5.96 Å². The first kappa shape index (κ1) is 26.8. The largest absolute Gasteiger partial charge is 0.511 e. The fraction of sp³-hybridized carbons (Fsp3) is 0.611. The van der Waals surface area contributed by atoms with E-state index in [-0.39, 0.29) is 62.1 Å². The number of para-hydroxylation sites is 1. The molecule has 7 nitrogen and oxygen atoms in total. The number of hydrogen-bond acceptors (Lipinski definition) is 4. The first-order valence-electron chi connectivity index (χ1n) is 9.46. The molecular formula is C18H28F3IN4O3S. The third kappa shape index (κ3) is 7.76. The van der Waals surface area contributed by atoms with Gasteiger partial charge in [0.05, 0.1) is 6.54 Å². The molecule has 0 saturated carbocycles. The van der Waals surface area contributed by atoms with Crippen molar-refractivity contribution < 1.29 is 26.3 Å². The maximum atomic E-state index is 12.7. The molecular weight excluding hydrogens is 536 g/mol. The van der Waals surface area contributed by atoms with E-state index in [1.54, 1.807) is 0 Å². The summed E-state index contributed by atoms with van der Waals surface area (Å²) in [5.74, 6) is 1.26. The Morgan fingerprint density at radius 3 is 2.40 bits per heavy atom. The number of nitrogens with zero attached hydrogens (tertiary/aromatic N) is 2. The van der Waals surface area contributed by atoms with Crippen LogP contribution in [0.1, 0.15) is 26.7 Å². The zero-order valence-electron chi connectivity index (χ0n) is 16.9. The zero-order valence-corrected chi connectivity index (χ0v) is 20.0. The van der Waals surface area contributed by atoms with Gasteiger partial charge < -0.3 is 15.4 Å². The Labute approximate surface area is 192 Å². The maximum absolute atomic E-state index is 12.7. The van der Waals surface area contributed by atoms with E-state index in [1.165, 1.54) is 0 Å². The van der Waals surface area contributed by atoms with Crippen LogP contribution in [0, 0.1) is 0 Å². The highest BCUT2D eigenvalue weighted by atomic mass is 127. The lowest BCUT2D eigenvalue weighted by Gasteiger charge is -2.32. The summed E-state index contributed by atoms with van der Waals surface area (Å²) in [7, 11) is -5.27. The lowest BCUT2D eigenvalue weighted by Crippen LogP contribution is -2.51. The van der Waals surface area contributed by atoms with E-state index in [0.29, 0.717) is 23.4 Å². The van der Waals surface area contributed by atoms with E-state index in [4.69, 9.17) is 4.74 Å². The average Bonchev–Trinajstić information content (AvgIpc) is 2.66. The monoisotopic (exact) mass is 564 g/mol. The number of sulfonamides is 1. The molecule has 1 atom stereocenters. The van der Waals surface area contributed by atoms with Gasteiger partial charge in [-0.15, -0.1) is 24.0 Å². The van der Waals surface area contributed by atoms with Gasteiger partial charge >= 0.3 is 15.5 Å². The molecule has 1 unspecified atom stereocenters. The quantitative estimate of drug-likeness (QED) is 0.303. The molecule has 1 fully saturated rings. The smallest absolute Gasteiger partial charge is 0.489 e. The van der Waals surface area contributed by atoms with Gasteiger partial charge in [-0.05, 0) is 38.8 Å². The third-order valence-electron chi connectivity index (χ3n) is 4.36. The highest BCUT2D eigenvalue weighted by Gasteiger charge is 2.50. The summed E-state index contributed by atoms with van der Waals surface area (Å²) in [4.78, 5) is 4.47. The lowest BCUT2D eigenvalue weighted by molar-refractivity contribution is -0.0494. The number of halogens is 4. The highest BCUT2D eigenvalue weighted by molar-refractivity contribution is 14.0. The van der Waals surface area contributed by atoms with Crippen LogP contribution in [0.2, 0.25) is 0 Å². The number of rotatable bonds is 7. The Hall–Kier alpha value is -1.28. The van der Waals surface area contributed by atoms with Crippen LogP contribution in [0.5, 0.6) is 5.75 Å². The Bertz CT molecular complexity index is 771. The third-order valence-corrected chi connectivity index (χ3v) is 5.99. The lowest BCUT2D eigenvalue weighted by atomic mass is 10.1. The Morgan fingerprint density at radius 1 is 1.27 bits per heavy atom. The molecule has 2 rings (SSSR count). The predicted octanol–water partition coefficient (Wildman–Crippen LogP) is 2.94. The van der Waals surface area contributed by atoms with E-state index in [1.807, 2.05) is 44.2 Å². The molecule has 0 radical (unpaired) electrons. The van der Waals surface area contributed by atoms with Crippen molar-refractivity contribution in [2.45, 2.75) is 44.3 Å². The van der Waals surface area contributed by atoms with Gasteiger partial charge in [0.2, 0.25) is 0 Å². The van der Waals surface area contributed by atoms with Crippen molar-refractivity contribution >= 4 is 40.0 Å². The predicted molar refractivity (Wildman–Crippen MR) is 121 cm³/mol. The summed E-state index contributed by atoms with van der Waals surface area (Å²) in [6, 6.07) is 9.19. The SMILES string of the molecule is CCNC(=NCC(C)Oc1ccccc1)NC1CCN(S(=O)(=O)C(F)(F)F)CC1.I. The normalized spacial score (nSPS) is 17.7. The molecule has 0 spiro atoms. The van der Waals surface area contributed by atoms with E-state index in [2.05, 4.69) is 15.6 Å². The number of alkyl halides is 3. The molecule has 30 heavy (non-hydrogen) atoms. The van der Waals surface area contributed by atoms with Crippen molar-refractivity contribution in [2.24, 2.45) is 4.99 Å². The van der Waals surface area contributed by atoms with Crippen LogP contribution < -0.4 is 15.4 Å². The molecule has 1 aromatic carbocycles. The molecule has 1 aliphatic heterocycles. The Balaban J connectivity index is 0.00000450. The van der Waals surface area contributed by atoms with Crippen molar-refractivity contribution in [1.82, 2.24) is 14.9 Å². The van der Waals surface area contributed by atoms with E-state index < -0.39 is 15.5 Å². The molecule has 12 heteroatoms. The fourth-order valence-electron chi connectivity index (χ4n) is 2.89. The first-order valence-corrected chi connectivity index (χ1v) is 10.9. The second-order valence-electron chi connectivity index (χ2n) is 6.73. The topological polar surface area (TPSA) is 83.0 Å². The second-order valence-corrected chi connectivity index (χ2v) is 8.66. The first-order chi connectivity index (χ1) is 13.6.